The molecule has 0 bridgehead atoms. The van der Waals surface area contributed by atoms with Crippen LogP contribution in [0.4, 0.5) is 5.69 Å². The fourth-order valence-electron chi connectivity index (χ4n) is 1.49. The molecule has 0 saturated heterocycles. The molecule has 90 valence electrons. The summed E-state index contributed by atoms with van der Waals surface area (Å²) in [5, 5.41) is 4.35. The van der Waals surface area contributed by atoms with Crippen molar-refractivity contribution in [3.63, 3.8) is 0 Å². The number of nitrogens with two attached hydrogens (primary N) is 1. The van der Waals surface area contributed by atoms with Crippen molar-refractivity contribution in [1.82, 2.24) is 14.8 Å². The molecule has 2 rings (SSSR count). The molecular formula is C12H16N4O. The molecule has 2 N–H and O–H groups in total. The van der Waals surface area contributed by atoms with Crippen LogP contribution in [-0.2, 0) is 13.2 Å². The van der Waals surface area contributed by atoms with Crippen LogP contribution < -0.4 is 10.5 Å². The normalized spacial score (nSPS) is 10.5. The van der Waals surface area contributed by atoms with Crippen LogP contribution in [0.25, 0.3) is 0 Å². The van der Waals surface area contributed by atoms with E-state index in [9.17, 15) is 0 Å². The highest BCUT2D eigenvalue weighted by Gasteiger charge is 2.05. The Bertz CT molecular complexity index is 490. The van der Waals surface area contributed by atoms with E-state index < -0.39 is 0 Å². The third-order valence-electron chi connectivity index (χ3n) is 2.51. The number of ether oxygens (including phenoxy) is 1. The van der Waals surface area contributed by atoms with E-state index in [-0.39, 0.29) is 0 Å². The Balaban J connectivity index is 2.01. The second-order valence-electron chi connectivity index (χ2n) is 3.81. The predicted molar refractivity (Wildman–Crippen MR) is 65.6 cm³/mol. The van der Waals surface area contributed by atoms with E-state index in [4.69, 9.17) is 10.5 Å². The van der Waals surface area contributed by atoms with Gasteiger partial charge in [-0.25, -0.2) is 4.98 Å². The lowest BCUT2D eigenvalue weighted by Gasteiger charge is -2.03. The number of pyridine rings is 1. The lowest BCUT2D eigenvalue weighted by atomic mass is 10.3. The Morgan fingerprint density at radius 1 is 1.41 bits per heavy atom. The van der Waals surface area contributed by atoms with Gasteiger partial charge < -0.3 is 10.5 Å². The van der Waals surface area contributed by atoms with Crippen molar-refractivity contribution in [2.45, 2.75) is 27.0 Å². The van der Waals surface area contributed by atoms with Crippen LogP contribution in [0.2, 0.25) is 0 Å². The van der Waals surface area contributed by atoms with Crippen molar-refractivity contribution in [2.75, 3.05) is 5.73 Å². The van der Waals surface area contributed by atoms with Crippen LogP contribution in [0.1, 0.15) is 18.2 Å². The van der Waals surface area contributed by atoms with Crippen LogP contribution in [0.15, 0.2) is 24.5 Å². The van der Waals surface area contributed by atoms with Crippen LogP contribution in [-0.4, -0.2) is 14.8 Å². The van der Waals surface area contributed by atoms with Gasteiger partial charge in [0.15, 0.2) is 0 Å². The first-order valence-electron chi connectivity index (χ1n) is 5.56. The van der Waals surface area contributed by atoms with E-state index in [0.29, 0.717) is 18.2 Å². The van der Waals surface area contributed by atoms with E-state index in [1.54, 1.807) is 18.3 Å². The summed E-state index contributed by atoms with van der Waals surface area (Å²) in [6.45, 7) is 5.36. The molecule has 0 aromatic carbocycles. The van der Waals surface area contributed by atoms with Gasteiger partial charge >= 0.3 is 0 Å². The molecule has 0 aliphatic heterocycles. The van der Waals surface area contributed by atoms with Gasteiger partial charge in [0.05, 0.1) is 17.6 Å². The number of anilines is 1. The maximum Gasteiger partial charge on any atom is 0.213 e. The number of nitrogens with zero attached hydrogens (tertiary/aromatic N) is 3. The van der Waals surface area contributed by atoms with Crippen molar-refractivity contribution in [3.8, 4) is 5.88 Å². The molecule has 5 nitrogen and oxygen atoms in total. The first kappa shape index (κ1) is 11.4. The first-order chi connectivity index (χ1) is 8.19. The lowest BCUT2D eigenvalue weighted by molar-refractivity contribution is 0.293. The molecular weight excluding hydrogens is 216 g/mol. The van der Waals surface area contributed by atoms with E-state index in [2.05, 4.69) is 17.0 Å². The lowest BCUT2D eigenvalue weighted by Crippen LogP contribution is -1.98. The highest BCUT2D eigenvalue weighted by atomic mass is 16.5. The van der Waals surface area contributed by atoms with Crippen molar-refractivity contribution < 1.29 is 4.74 Å². The number of rotatable bonds is 4. The minimum Gasteiger partial charge on any atom is -0.473 e. The third-order valence-corrected chi connectivity index (χ3v) is 2.51. The molecule has 2 aromatic rings. The zero-order valence-electron chi connectivity index (χ0n) is 10.1. The molecule has 0 amide bonds. The maximum absolute atomic E-state index is 5.57. The van der Waals surface area contributed by atoms with Crippen molar-refractivity contribution in [2.24, 2.45) is 0 Å². The second kappa shape index (κ2) is 4.86. The average Bonchev–Trinajstić information content (AvgIpc) is 2.69. The molecule has 5 heteroatoms. The maximum atomic E-state index is 5.57. The monoisotopic (exact) mass is 232 g/mol. The molecule has 0 aliphatic carbocycles. The quantitative estimate of drug-likeness (QED) is 0.872. The van der Waals surface area contributed by atoms with E-state index in [0.717, 1.165) is 17.8 Å². The van der Waals surface area contributed by atoms with Gasteiger partial charge in [0.1, 0.15) is 6.61 Å². The van der Waals surface area contributed by atoms with Crippen LogP contribution >= 0.6 is 0 Å². The van der Waals surface area contributed by atoms with Gasteiger partial charge in [-0.2, -0.15) is 5.10 Å². The summed E-state index contributed by atoms with van der Waals surface area (Å²) in [4.78, 5) is 4.08. The van der Waals surface area contributed by atoms with Crippen molar-refractivity contribution in [1.29, 1.82) is 0 Å². The molecule has 0 fully saturated rings. The molecule has 0 spiro atoms. The Kier molecular flexibility index (Phi) is 3.27. The molecule has 2 aromatic heterocycles. The van der Waals surface area contributed by atoms with E-state index >= 15 is 0 Å². The van der Waals surface area contributed by atoms with Gasteiger partial charge in [0.2, 0.25) is 5.88 Å². The second-order valence-corrected chi connectivity index (χ2v) is 3.81. The van der Waals surface area contributed by atoms with E-state index in [1.807, 2.05) is 17.8 Å². The van der Waals surface area contributed by atoms with E-state index in [1.165, 1.54) is 0 Å². The molecule has 2 heterocycles. The zero-order chi connectivity index (χ0) is 12.3. The molecule has 0 atom stereocenters. The molecule has 0 saturated carbocycles. The van der Waals surface area contributed by atoms with Crippen LogP contribution in [0.5, 0.6) is 5.88 Å². The number of aryl methyl sites for hydroxylation is 2. The SMILES string of the molecule is CCn1cc(COc2ccc(N)cn2)c(C)n1. The van der Waals surface area contributed by atoms with Gasteiger partial charge in [-0.05, 0) is 19.9 Å². The Morgan fingerprint density at radius 3 is 2.82 bits per heavy atom. The molecule has 0 aliphatic rings. The smallest absolute Gasteiger partial charge is 0.213 e. The van der Waals surface area contributed by atoms with Gasteiger partial charge in [0, 0.05) is 24.4 Å². The highest BCUT2D eigenvalue weighted by Crippen LogP contribution is 2.12. The van der Waals surface area contributed by atoms with Crippen LogP contribution in [0.3, 0.4) is 0 Å². The minimum atomic E-state index is 0.475. The summed E-state index contributed by atoms with van der Waals surface area (Å²) >= 11 is 0. The average molecular weight is 232 g/mol. The summed E-state index contributed by atoms with van der Waals surface area (Å²) in [5.74, 6) is 0.572. The highest BCUT2D eigenvalue weighted by molar-refractivity contribution is 5.36. The summed E-state index contributed by atoms with van der Waals surface area (Å²) in [5.41, 5.74) is 8.24. The number of hydrogen-bond acceptors (Lipinski definition) is 4. The predicted octanol–water partition coefficient (Wildman–Crippen LogP) is 1.77. The van der Waals surface area contributed by atoms with Crippen molar-refractivity contribution in [3.05, 3.63) is 35.8 Å². The van der Waals surface area contributed by atoms with Crippen LogP contribution in [0, 0.1) is 6.92 Å². The Labute approximate surface area is 100 Å². The summed E-state index contributed by atoms with van der Waals surface area (Å²) in [7, 11) is 0. The standard InChI is InChI=1S/C12H16N4O/c1-3-16-7-10(9(2)15-16)8-17-12-5-4-11(13)6-14-12/h4-7H,3,8,13H2,1-2H3. The fraction of sp³-hybridized carbons (Fsp3) is 0.333. The number of nitrogen functional groups attached to an aromatic ring is 1. The molecule has 17 heavy (non-hydrogen) atoms. The topological polar surface area (TPSA) is 66.0 Å². The number of aromatic nitrogens is 3. The largest absolute Gasteiger partial charge is 0.473 e. The summed E-state index contributed by atoms with van der Waals surface area (Å²) in [6, 6.07) is 3.53. The third kappa shape index (κ3) is 2.75. The molecule has 0 radical (unpaired) electrons. The zero-order valence-corrected chi connectivity index (χ0v) is 10.1. The van der Waals surface area contributed by atoms with Crippen molar-refractivity contribution >= 4 is 5.69 Å². The minimum absolute atomic E-state index is 0.475. The van der Waals surface area contributed by atoms with Gasteiger partial charge in [-0.1, -0.05) is 0 Å². The first-order valence-corrected chi connectivity index (χ1v) is 5.56. The fourth-order valence-corrected chi connectivity index (χ4v) is 1.49. The Hall–Kier alpha value is -2.04. The van der Waals surface area contributed by atoms with Gasteiger partial charge in [-0.15, -0.1) is 0 Å². The number of hydrogen-bond donors (Lipinski definition) is 1. The molecule has 0 unspecified atom stereocenters. The van der Waals surface area contributed by atoms with Gasteiger partial charge in [0.25, 0.3) is 0 Å². The summed E-state index contributed by atoms with van der Waals surface area (Å²) < 4.78 is 7.46. The van der Waals surface area contributed by atoms with Gasteiger partial charge in [-0.3, -0.25) is 4.68 Å². The Morgan fingerprint density at radius 2 is 2.24 bits per heavy atom. The summed E-state index contributed by atoms with van der Waals surface area (Å²) in [6.07, 6.45) is 3.57.